The Bertz CT molecular complexity index is 1190. The summed E-state index contributed by atoms with van der Waals surface area (Å²) in [7, 11) is 1.54. The largest absolute Gasteiger partial charge is 0.497 e. The number of halogens is 1. The molecule has 0 bridgehead atoms. The van der Waals surface area contributed by atoms with E-state index < -0.39 is 6.04 Å². The van der Waals surface area contributed by atoms with Crippen molar-refractivity contribution in [2.45, 2.75) is 19.9 Å². The van der Waals surface area contributed by atoms with E-state index in [-0.39, 0.29) is 17.1 Å². The first-order chi connectivity index (χ1) is 15.0. The molecule has 1 aromatic heterocycles. The van der Waals surface area contributed by atoms with E-state index in [2.05, 4.69) is 18.7 Å². The standard InChI is InChI=1S/C24H25ClN2O4/c1-4-26(5-2)11-12-27-21(15-7-6-8-16(25)13-15)20-22(28)18-10-9-17(30-3)14-19(18)31-23(20)24(27)29/h6-10,13-14,21H,4-5,11-12H2,1-3H3/t21-/m0/s1. The Labute approximate surface area is 186 Å². The van der Waals surface area contributed by atoms with Gasteiger partial charge in [-0.25, -0.2) is 0 Å². The quantitative estimate of drug-likeness (QED) is 0.546. The Hall–Kier alpha value is -2.83. The number of likely N-dealkylation sites (N-methyl/N-ethyl adjacent to an activating group) is 1. The second kappa shape index (κ2) is 8.73. The van der Waals surface area contributed by atoms with E-state index in [0.717, 1.165) is 18.7 Å². The lowest BCUT2D eigenvalue weighted by atomic mass is 9.98. The fraction of sp³-hybridized carbons (Fsp3) is 0.333. The van der Waals surface area contributed by atoms with E-state index in [1.807, 2.05) is 12.1 Å². The van der Waals surface area contributed by atoms with Gasteiger partial charge in [-0.2, -0.15) is 0 Å². The van der Waals surface area contributed by atoms with Gasteiger partial charge >= 0.3 is 0 Å². The summed E-state index contributed by atoms with van der Waals surface area (Å²) < 4.78 is 11.2. The number of rotatable bonds is 7. The Balaban J connectivity index is 1.88. The molecule has 3 aromatic rings. The maximum atomic E-state index is 13.5. The summed E-state index contributed by atoms with van der Waals surface area (Å²) in [6, 6.07) is 11.8. The molecule has 0 aliphatic carbocycles. The molecule has 0 saturated heterocycles. The molecule has 7 heteroatoms. The van der Waals surface area contributed by atoms with E-state index in [1.165, 1.54) is 0 Å². The fourth-order valence-corrected chi connectivity index (χ4v) is 4.37. The third-order valence-corrected chi connectivity index (χ3v) is 6.13. The van der Waals surface area contributed by atoms with Crippen LogP contribution in [0.5, 0.6) is 5.75 Å². The van der Waals surface area contributed by atoms with Crippen molar-refractivity contribution in [1.29, 1.82) is 0 Å². The van der Waals surface area contributed by atoms with Gasteiger partial charge in [-0.05, 0) is 42.9 Å². The Morgan fingerprint density at radius 2 is 1.90 bits per heavy atom. The van der Waals surface area contributed by atoms with Gasteiger partial charge in [-0.3, -0.25) is 9.59 Å². The van der Waals surface area contributed by atoms with Gasteiger partial charge in [0, 0.05) is 24.2 Å². The number of carbonyl (C=O) groups excluding carboxylic acids is 1. The van der Waals surface area contributed by atoms with Gasteiger partial charge in [-0.1, -0.05) is 37.6 Å². The van der Waals surface area contributed by atoms with E-state index in [1.54, 1.807) is 42.3 Å². The van der Waals surface area contributed by atoms with E-state index >= 15 is 0 Å². The van der Waals surface area contributed by atoms with Crippen molar-refractivity contribution in [3.8, 4) is 5.75 Å². The Kier molecular flexibility index (Phi) is 6.03. The Morgan fingerprint density at radius 1 is 1.13 bits per heavy atom. The number of nitrogens with zero attached hydrogens (tertiary/aromatic N) is 2. The van der Waals surface area contributed by atoms with Crippen molar-refractivity contribution < 1.29 is 13.9 Å². The Morgan fingerprint density at radius 3 is 2.58 bits per heavy atom. The smallest absolute Gasteiger partial charge is 0.290 e. The fourth-order valence-electron chi connectivity index (χ4n) is 4.17. The number of hydrogen-bond donors (Lipinski definition) is 0. The second-order valence-electron chi connectivity index (χ2n) is 7.52. The monoisotopic (exact) mass is 440 g/mol. The van der Waals surface area contributed by atoms with Gasteiger partial charge < -0.3 is 19.0 Å². The normalized spacial score (nSPS) is 15.7. The molecular weight excluding hydrogens is 416 g/mol. The van der Waals surface area contributed by atoms with Crippen molar-refractivity contribution in [3.63, 3.8) is 0 Å². The summed E-state index contributed by atoms with van der Waals surface area (Å²) in [5.41, 5.74) is 1.29. The van der Waals surface area contributed by atoms with Gasteiger partial charge in [0.1, 0.15) is 11.3 Å². The number of hydrogen-bond acceptors (Lipinski definition) is 5. The molecule has 2 aromatic carbocycles. The van der Waals surface area contributed by atoms with Crippen LogP contribution >= 0.6 is 11.6 Å². The van der Waals surface area contributed by atoms with Crippen molar-refractivity contribution in [2.75, 3.05) is 33.3 Å². The molecule has 0 unspecified atom stereocenters. The topological polar surface area (TPSA) is 63.0 Å². The molecule has 0 radical (unpaired) electrons. The highest BCUT2D eigenvalue weighted by Gasteiger charge is 2.42. The molecule has 0 saturated carbocycles. The van der Waals surface area contributed by atoms with E-state index in [9.17, 15) is 9.59 Å². The number of amides is 1. The van der Waals surface area contributed by atoms with Crippen LogP contribution in [-0.2, 0) is 0 Å². The van der Waals surface area contributed by atoms with Crippen LogP contribution in [-0.4, -0.2) is 49.0 Å². The van der Waals surface area contributed by atoms with Gasteiger partial charge in [0.25, 0.3) is 5.91 Å². The van der Waals surface area contributed by atoms with Crippen molar-refractivity contribution in [1.82, 2.24) is 9.80 Å². The molecule has 0 spiro atoms. The molecule has 6 nitrogen and oxygen atoms in total. The third-order valence-electron chi connectivity index (χ3n) is 5.89. The zero-order valence-corrected chi connectivity index (χ0v) is 18.6. The summed E-state index contributed by atoms with van der Waals surface area (Å²) >= 11 is 6.25. The van der Waals surface area contributed by atoms with Crippen LogP contribution in [0, 0.1) is 0 Å². The number of fused-ring (bicyclic) bond motifs is 2. The van der Waals surface area contributed by atoms with Crippen molar-refractivity contribution in [3.05, 3.63) is 74.6 Å². The van der Waals surface area contributed by atoms with Crippen LogP contribution in [0.15, 0.2) is 51.7 Å². The molecule has 1 aliphatic heterocycles. The van der Waals surface area contributed by atoms with Gasteiger partial charge in [0.15, 0.2) is 5.43 Å². The molecule has 1 atom stereocenters. The summed E-state index contributed by atoms with van der Waals surface area (Å²) in [5.74, 6) is 0.370. The van der Waals surface area contributed by atoms with Crippen LogP contribution in [0.4, 0.5) is 0 Å². The highest BCUT2D eigenvalue weighted by atomic mass is 35.5. The van der Waals surface area contributed by atoms with Gasteiger partial charge in [0.05, 0.1) is 24.1 Å². The van der Waals surface area contributed by atoms with Crippen molar-refractivity contribution in [2.24, 2.45) is 0 Å². The first kappa shape index (κ1) is 21.4. The lowest BCUT2D eigenvalue weighted by Crippen LogP contribution is -2.37. The zero-order chi connectivity index (χ0) is 22.1. The lowest BCUT2D eigenvalue weighted by molar-refractivity contribution is 0.0708. The third kappa shape index (κ3) is 3.82. The van der Waals surface area contributed by atoms with Crippen LogP contribution in [0.25, 0.3) is 11.0 Å². The minimum absolute atomic E-state index is 0.0928. The zero-order valence-electron chi connectivity index (χ0n) is 17.9. The first-order valence-electron chi connectivity index (χ1n) is 10.4. The summed E-state index contributed by atoms with van der Waals surface area (Å²) in [6.45, 7) is 7.11. The highest BCUT2D eigenvalue weighted by molar-refractivity contribution is 6.30. The lowest BCUT2D eigenvalue weighted by Gasteiger charge is -2.28. The average molecular weight is 441 g/mol. The number of methoxy groups -OCH3 is 1. The highest BCUT2D eigenvalue weighted by Crippen LogP contribution is 2.39. The van der Waals surface area contributed by atoms with Crippen LogP contribution in [0.2, 0.25) is 5.02 Å². The minimum atomic E-state index is -0.542. The molecule has 162 valence electrons. The predicted octanol–water partition coefficient (Wildman–Crippen LogP) is 4.34. The number of benzene rings is 2. The van der Waals surface area contributed by atoms with Gasteiger partial charge in [0.2, 0.25) is 5.76 Å². The van der Waals surface area contributed by atoms with Crippen molar-refractivity contribution >= 4 is 28.5 Å². The van der Waals surface area contributed by atoms with Crippen LogP contribution in [0.1, 0.15) is 41.6 Å². The summed E-state index contributed by atoms with van der Waals surface area (Å²) in [5, 5.41) is 0.974. The SMILES string of the molecule is CCN(CC)CCN1C(=O)c2oc3cc(OC)ccc3c(=O)c2[C@@H]1c1cccc(Cl)c1. The van der Waals surface area contributed by atoms with Gasteiger partial charge in [-0.15, -0.1) is 0 Å². The maximum Gasteiger partial charge on any atom is 0.290 e. The molecule has 0 fully saturated rings. The number of carbonyl (C=O) groups is 1. The minimum Gasteiger partial charge on any atom is -0.497 e. The van der Waals surface area contributed by atoms with E-state index in [0.29, 0.717) is 40.4 Å². The van der Waals surface area contributed by atoms with Crippen LogP contribution < -0.4 is 10.2 Å². The van der Waals surface area contributed by atoms with E-state index in [4.69, 9.17) is 20.8 Å². The number of ether oxygens (including phenoxy) is 1. The molecule has 31 heavy (non-hydrogen) atoms. The molecule has 2 heterocycles. The summed E-state index contributed by atoms with van der Waals surface area (Å²) in [4.78, 5) is 30.9. The molecule has 1 amide bonds. The summed E-state index contributed by atoms with van der Waals surface area (Å²) in [6.07, 6.45) is 0. The molecule has 4 rings (SSSR count). The molecule has 1 aliphatic rings. The maximum absolute atomic E-state index is 13.5. The molecule has 0 N–H and O–H groups in total. The second-order valence-corrected chi connectivity index (χ2v) is 7.96. The average Bonchev–Trinajstić information content (AvgIpc) is 3.06. The first-order valence-corrected chi connectivity index (χ1v) is 10.8. The van der Waals surface area contributed by atoms with Crippen LogP contribution in [0.3, 0.4) is 0 Å². The molecular formula is C24H25ClN2O4. The predicted molar refractivity (Wildman–Crippen MR) is 121 cm³/mol.